The highest BCUT2D eigenvalue weighted by Crippen LogP contribution is 2.33. The van der Waals surface area contributed by atoms with Gasteiger partial charge in [-0.1, -0.05) is 0 Å². The first-order valence-electron chi connectivity index (χ1n) is 5.41. The lowest BCUT2D eigenvalue weighted by molar-refractivity contribution is -0.384. The largest absolute Gasteiger partial charge is 0.396 e. The number of nitro groups is 1. The summed E-state index contributed by atoms with van der Waals surface area (Å²) in [6, 6.07) is 4.77. The summed E-state index contributed by atoms with van der Waals surface area (Å²) in [5.41, 5.74) is 1.03. The predicted octanol–water partition coefficient (Wildman–Crippen LogP) is 2.18. The van der Waals surface area contributed by atoms with Gasteiger partial charge in [0.1, 0.15) is 0 Å². The molecule has 1 aliphatic rings. The van der Waals surface area contributed by atoms with Crippen LogP contribution in [0.25, 0.3) is 0 Å². The normalized spacial score (nSPS) is 19.6. The number of nitro benzene ring substituents is 1. The van der Waals surface area contributed by atoms with E-state index in [0.717, 1.165) is 29.7 Å². The van der Waals surface area contributed by atoms with E-state index in [9.17, 15) is 10.1 Å². The van der Waals surface area contributed by atoms with Gasteiger partial charge in [0, 0.05) is 42.2 Å². The second kappa shape index (κ2) is 5.01. The van der Waals surface area contributed by atoms with Gasteiger partial charge in [0.15, 0.2) is 0 Å². The van der Waals surface area contributed by atoms with Crippen molar-refractivity contribution in [3.8, 4) is 0 Å². The number of benzene rings is 1. The van der Waals surface area contributed by atoms with Crippen molar-refractivity contribution in [3.05, 3.63) is 32.8 Å². The minimum Gasteiger partial charge on any atom is -0.396 e. The molecule has 1 aromatic carbocycles. The van der Waals surface area contributed by atoms with E-state index in [1.54, 1.807) is 6.07 Å². The number of aliphatic hydroxyl groups excluding tert-OH is 1. The van der Waals surface area contributed by atoms with Crippen LogP contribution in [-0.4, -0.2) is 29.7 Å². The van der Waals surface area contributed by atoms with Crippen molar-refractivity contribution in [1.82, 2.24) is 0 Å². The Morgan fingerprint density at radius 3 is 2.88 bits per heavy atom. The van der Waals surface area contributed by atoms with Crippen LogP contribution in [0.1, 0.15) is 6.42 Å². The fourth-order valence-electron chi connectivity index (χ4n) is 2.07. The van der Waals surface area contributed by atoms with Crippen LogP contribution in [0.2, 0.25) is 0 Å². The molecule has 1 fully saturated rings. The molecular weight excluding hydrogens is 288 g/mol. The van der Waals surface area contributed by atoms with Crippen LogP contribution in [0.3, 0.4) is 0 Å². The summed E-state index contributed by atoms with van der Waals surface area (Å²) in [6.45, 7) is 1.87. The Kier molecular flexibility index (Phi) is 3.63. The van der Waals surface area contributed by atoms with Gasteiger partial charge < -0.3 is 10.0 Å². The van der Waals surface area contributed by atoms with Gasteiger partial charge >= 0.3 is 0 Å². The van der Waals surface area contributed by atoms with E-state index in [0.29, 0.717) is 5.92 Å². The lowest BCUT2D eigenvalue weighted by Crippen LogP contribution is -2.20. The summed E-state index contributed by atoms with van der Waals surface area (Å²) in [6.07, 6.45) is 0.958. The van der Waals surface area contributed by atoms with Gasteiger partial charge in [-0.05, 0) is 28.4 Å². The Hall–Kier alpha value is -1.14. The van der Waals surface area contributed by atoms with Crippen molar-refractivity contribution in [2.45, 2.75) is 6.42 Å². The molecule has 0 bridgehead atoms. The minimum absolute atomic E-state index is 0.0820. The third-order valence-electron chi connectivity index (χ3n) is 3.03. The number of aliphatic hydroxyl groups is 1. The molecule has 1 aromatic rings. The fourth-order valence-corrected chi connectivity index (χ4v) is 2.68. The molecule has 1 heterocycles. The van der Waals surface area contributed by atoms with Crippen LogP contribution >= 0.6 is 15.9 Å². The van der Waals surface area contributed by atoms with Crippen molar-refractivity contribution in [2.24, 2.45) is 5.92 Å². The maximum atomic E-state index is 10.6. The smallest absolute Gasteiger partial charge is 0.270 e. The highest BCUT2D eigenvalue weighted by atomic mass is 79.9. The van der Waals surface area contributed by atoms with E-state index in [1.807, 2.05) is 0 Å². The topological polar surface area (TPSA) is 66.6 Å². The Labute approximate surface area is 107 Å². The van der Waals surface area contributed by atoms with Crippen LogP contribution in [0.5, 0.6) is 0 Å². The first-order valence-corrected chi connectivity index (χ1v) is 6.21. The van der Waals surface area contributed by atoms with Crippen molar-refractivity contribution < 1.29 is 10.0 Å². The van der Waals surface area contributed by atoms with Crippen LogP contribution in [0, 0.1) is 16.0 Å². The number of hydrogen-bond acceptors (Lipinski definition) is 4. The quantitative estimate of drug-likeness (QED) is 0.686. The van der Waals surface area contributed by atoms with E-state index in [1.165, 1.54) is 12.1 Å². The highest BCUT2D eigenvalue weighted by molar-refractivity contribution is 9.10. The third-order valence-corrected chi connectivity index (χ3v) is 3.66. The molecule has 5 nitrogen and oxygen atoms in total. The van der Waals surface area contributed by atoms with Gasteiger partial charge in [-0.15, -0.1) is 0 Å². The SMILES string of the molecule is O=[N+]([O-])c1ccc(N2CCC(CO)C2)c(Br)c1. The summed E-state index contributed by atoms with van der Waals surface area (Å²) in [5.74, 6) is 0.303. The second-order valence-electron chi connectivity index (χ2n) is 4.18. The minimum atomic E-state index is -0.408. The Morgan fingerprint density at radius 2 is 2.35 bits per heavy atom. The Balaban J connectivity index is 2.20. The molecule has 0 aliphatic carbocycles. The zero-order chi connectivity index (χ0) is 12.4. The lowest BCUT2D eigenvalue weighted by Gasteiger charge is -2.19. The number of non-ortho nitro benzene ring substituents is 1. The molecule has 6 heteroatoms. The van der Waals surface area contributed by atoms with E-state index in [-0.39, 0.29) is 12.3 Å². The predicted molar refractivity (Wildman–Crippen MR) is 68.2 cm³/mol. The first-order chi connectivity index (χ1) is 8.11. The van der Waals surface area contributed by atoms with Gasteiger partial charge in [0.2, 0.25) is 0 Å². The average molecular weight is 301 g/mol. The molecule has 1 atom stereocenters. The lowest BCUT2D eigenvalue weighted by atomic mass is 10.1. The van der Waals surface area contributed by atoms with Crippen LogP contribution < -0.4 is 4.90 Å². The number of hydrogen-bond donors (Lipinski definition) is 1. The zero-order valence-electron chi connectivity index (χ0n) is 9.17. The fraction of sp³-hybridized carbons (Fsp3) is 0.455. The molecular formula is C11H13BrN2O3. The Morgan fingerprint density at radius 1 is 1.59 bits per heavy atom. The number of nitrogens with zero attached hydrogens (tertiary/aromatic N) is 2. The molecule has 0 amide bonds. The van der Waals surface area contributed by atoms with Crippen LogP contribution in [-0.2, 0) is 0 Å². The third kappa shape index (κ3) is 2.58. The second-order valence-corrected chi connectivity index (χ2v) is 5.03. The van der Waals surface area contributed by atoms with Crippen molar-refractivity contribution in [3.63, 3.8) is 0 Å². The van der Waals surface area contributed by atoms with Crippen LogP contribution in [0.4, 0.5) is 11.4 Å². The van der Waals surface area contributed by atoms with E-state index in [4.69, 9.17) is 5.11 Å². The molecule has 17 heavy (non-hydrogen) atoms. The summed E-state index contributed by atoms with van der Waals surface area (Å²) < 4.78 is 0.727. The number of anilines is 1. The van der Waals surface area contributed by atoms with Gasteiger partial charge in [0.05, 0.1) is 10.6 Å². The van der Waals surface area contributed by atoms with Gasteiger partial charge in [0.25, 0.3) is 5.69 Å². The van der Waals surface area contributed by atoms with Crippen molar-refractivity contribution in [2.75, 3.05) is 24.6 Å². The molecule has 1 unspecified atom stereocenters. The number of halogens is 1. The molecule has 2 rings (SSSR count). The molecule has 0 spiro atoms. The average Bonchev–Trinajstić information content (AvgIpc) is 2.77. The summed E-state index contributed by atoms with van der Waals surface area (Å²) >= 11 is 3.36. The molecule has 0 aromatic heterocycles. The molecule has 1 aliphatic heterocycles. The van der Waals surface area contributed by atoms with E-state index < -0.39 is 4.92 Å². The van der Waals surface area contributed by atoms with Crippen molar-refractivity contribution >= 4 is 27.3 Å². The highest BCUT2D eigenvalue weighted by Gasteiger charge is 2.24. The van der Waals surface area contributed by atoms with Gasteiger partial charge in [-0.2, -0.15) is 0 Å². The Bertz CT molecular complexity index is 439. The molecule has 1 N–H and O–H groups in total. The monoisotopic (exact) mass is 300 g/mol. The van der Waals surface area contributed by atoms with E-state index >= 15 is 0 Å². The van der Waals surface area contributed by atoms with Gasteiger partial charge in [-0.25, -0.2) is 0 Å². The van der Waals surface area contributed by atoms with Crippen molar-refractivity contribution in [1.29, 1.82) is 0 Å². The first kappa shape index (κ1) is 12.3. The van der Waals surface area contributed by atoms with Crippen LogP contribution in [0.15, 0.2) is 22.7 Å². The van der Waals surface area contributed by atoms with E-state index in [2.05, 4.69) is 20.8 Å². The molecule has 92 valence electrons. The molecule has 1 saturated heterocycles. The standard InChI is InChI=1S/C11H13BrN2O3/c12-10-5-9(14(16)17)1-2-11(10)13-4-3-8(6-13)7-15/h1-2,5,8,15H,3-4,6-7H2. The maximum Gasteiger partial charge on any atom is 0.270 e. The summed E-state index contributed by atoms with van der Waals surface area (Å²) in [7, 11) is 0. The maximum absolute atomic E-state index is 10.6. The zero-order valence-corrected chi connectivity index (χ0v) is 10.8. The summed E-state index contributed by atoms with van der Waals surface area (Å²) in [4.78, 5) is 12.3. The molecule has 0 radical (unpaired) electrons. The number of rotatable bonds is 3. The summed E-state index contributed by atoms with van der Waals surface area (Å²) in [5, 5.41) is 19.7. The van der Waals surface area contributed by atoms with Gasteiger partial charge in [-0.3, -0.25) is 10.1 Å². The molecule has 0 saturated carbocycles.